The highest BCUT2D eigenvalue weighted by Gasteiger charge is 2.40. The average Bonchev–Trinajstić information content (AvgIpc) is 2.85. The van der Waals surface area contributed by atoms with Crippen molar-refractivity contribution in [1.29, 1.82) is 0 Å². The molecule has 0 aliphatic heterocycles. The first-order chi connectivity index (χ1) is 17.4. The molecule has 4 rings (SSSR count). The molecule has 0 bridgehead atoms. The Morgan fingerprint density at radius 1 is 0.919 bits per heavy atom. The Morgan fingerprint density at radius 2 is 1.65 bits per heavy atom. The second kappa shape index (κ2) is 10.4. The van der Waals surface area contributed by atoms with Gasteiger partial charge in [-0.1, -0.05) is 72.3 Å². The van der Waals surface area contributed by atoms with E-state index in [1.54, 1.807) is 38.1 Å². The van der Waals surface area contributed by atoms with E-state index in [0.29, 0.717) is 10.6 Å². The molecule has 4 aromatic rings. The fourth-order valence-electron chi connectivity index (χ4n) is 4.45. The quantitative estimate of drug-likeness (QED) is 0.284. The molecule has 1 aromatic heterocycles. The number of pyridine rings is 1. The van der Waals surface area contributed by atoms with Crippen LogP contribution in [0.25, 0.3) is 23.1 Å². The number of sulfone groups is 1. The third-order valence-electron chi connectivity index (χ3n) is 6.48. The van der Waals surface area contributed by atoms with Gasteiger partial charge in [-0.3, -0.25) is 0 Å². The molecule has 3 aromatic carbocycles. The Labute approximate surface area is 223 Å². The van der Waals surface area contributed by atoms with Crippen molar-refractivity contribution in [2.45, 2.75) is 37.2 Å². The summed E-state index contributed by atoms with van der Waals surface area (Å²) < 4.78 is 25.7. The standard InChI is InChI=1S/C30H30ClNO4S/c1-29(2,33)27-10-5-4-8-22(27)17-18-30(34,37(3,35)36)24-9-6-7-21(19-24)11-15-26-16-13-23-12-14-25(31)20-28(23)32-26/h4-16,19-20,33-34H,17-18H2,1-3H3/t30-/m0/s1. The van der Waals surface area contributed by atoms with Crippen LogP contribution in [0.1, 0.15) is 48.2 Å². The van der Waals surface area contributed by atoms with Crippen LogP contribution in [0.15, 0.2) is 78.9 Å². The van der Waals surface area contributed by atoms with E-state index in [4.69, 9.17) is 11.6 Å². The molecule has 2 N–H and O–H groups in total. The molecule has 0 saturated carbocycles. The maximum atomic E-state index is 12.9. The maximum absolute atomic E-state index is 12.9. The normalized spacial score (nSPS) is 14.2. The van der Waals surface area contributed by atoms with E-state index >= 15 is 0 Å². The number of fused-ring (bicyclic) bond motifs is 1. The predicted molar refractivity (Wildman–Crippen MR) is 151 cm³/mol. The summed E-state index contributed by atoms with van der Waals surface area (Å²) in [6.45, 7) is 3.37. The smallest absolute Gasteiger partial charge is 0.191 e. The summed E-state index contributed by atoms with van der Waals surface area (Å²) in [7, 11) is -3.90. The van der Waals surface area contributed by atoms with Gasteiger partial charge in [-0.2, -0.15) is 0 Å². The van der Waals surface area contributed by atoms with Gasteiger partial charge in [0.15, 0.2) is 14.8 Å². The zero-order valence-corrected chi connectivity index (χ0v) is 22.6. The molecule has 0 spiro atoms. The van der Waals surface area contributed by atoms with Crippen molar-refractivity contribution in [3.8, 4) is 0 Å². The number of hydrogen-bond acceptors (Lipinski definition) is 5. The number of rotatable bonds is 8. The topological polar surface area (TPSA) is 87.5 Å². The maximum Gasteiger partial charge on any atom is 0.191 e. The van der Waals surface area contributed by atoms with Crippen molar-refractivity contribution in [3.63, 3.8) is 0 Å². The second-order valence-electron chi connectivity index (χ2n) is 9.80. The van der Waals surface area contributed by atoms with Crippen molar-refractivity contribution in [2.24, 2.45) is 0 Å². The van der Waals surface area contributed by atoms with Gasteiger partial charge in [0.05, 0.1) is 16.8 Å². The highest BCUT2D eigenvalue weighted by atomic mass is 35.5. The Hall–Kier alpha value is -3.03. The van der Waals surface area contributed by atoms with Crippen molar-refractivity contribution < 1.29 is 18.6 Å². The first kappa shape index (κ1) is 27.0. The van der Waals surface area contributed by atoms with Gasteiger partial charge in [-0.15, -0.1) is 0 Å². The van der Waals surface area contributed by atoms with Gasteiger partial charge in [-0.05, 0) is 79.3 Å². The second-order valence-corrected chi connectivity index (χ2v) is 12.5. The van der Waals surface area contributed by atoms with Gasteiger partial charge in [0, 0.05) is 16.7 Å². The zero-order valence-electron chi connectivity index (χ0n) is 21.0. The molecule has 0 unspecified atom stereocenters. The summed E-state index contributed by atoms with van der Waals surface area (Å²) in [5.41, 5.74) is 2.91. The summed E-state index contributed by atoms with van der Waals surface area (Å²) >= 11 is 6.09. The molecule has 0 aliphatic carbocycles. The van der Waals surface area contributed by atoms with Gasteiger partial charge in [0.1, 0.15) is 0 Å². The number of aliphatic hydroxyl groups is 2. The Morgan fingerprint density at radius 3 is 2.38 bits per heavy atom. The Bertz CT molecular complexity index is 1570. The van der Waals surface area contributed by atoms with E-state index in [1.807, 2.05) is 66.7 Å². The van der Waals surface area contributed by atoms with Crippen molar-refractivity contribution in [2.75, 3.05) is 6.26 Å². The highest BCUT2D eigenvalue weighted by Crippen LogP contribution is 2.35. The molecule has 5 nitrogen and oxygen atoms in total. The van der Waals surface area contributed by atoms with Crippen LogP contribution in [0.5, 0.6) is 0 Å². The first-order valence-electron chi connectivity index (χ1n) is 11.9. The number of hydrogen-bond donors (Lipinski definition) is 2. The average molecular weight is 536 g/mol. The van der Waals surface area contributed by atoms with Crippen LogP contribution < -0.4 is 0 Å². The lowest BCUT2D eigenvalue weighted by molar-refractivity contribution is 0.0766. The molecule has 1 heterocycles. The highest BCUT2D eigenvalue weighted by molar-refractivity contribution is 7.91. The molecule has 37 heavy (non-hydrogen) atoms. The van der Waals surface area contributed by atoms with Gasteiger partial charge < -0.3 is 10.2 Å². The van der Waals surface area contributed by atoms with E-state index in [0.717, 1.165) is 34.0 Å². The van der Waals surface area contributed by atoms with E-state index in [1.165, 1.54) is 0 Å². The fourth-order valence-corrected chi connectivity index (χ4v) is 5.64. The third kappa shape index (κ3) is 6.11. The van der Waals surface area contributed by atoms with Crippen molar-refractivity contribution in [1.82, 2.24) is 4.98 Å². The largest absolute Gasteiger partial charge is 0.386 e. The van der Waals surface area contributed by atoms with Crippen LogP contribution in [0, 0.1) is 0 Å². The molecule has 0 amide bonds. The number of nitrogens with zero attached hydrogens (tertiary/aromatic N) is 1. The van der Waals surface area contributed by atoms with Gasteiger partial charge in [0.25, 0.3) is 0 Å². The lowest BCUT2D eigenvalue weighted by Crippen LogP contribution is -2.36. The van der Waals surface area contributed by atoms with Crippen LogP contribution in [0.3, 0.4) is 0 Å². The molecule has 1 atom stereocenters. The summed E-state index contributed by atoms with van der Waals surface area (Å²) in [6.07, 6.45) is 4.92. The lowest BCUT2D eigenvalue weighted by atomic mass is 9.89. The summed E-state index contributed by atoms with van der Waals surface area (Å²) in [5, 5.41) is 23.7. The van der Waals surface area contributed by atoms with Gasteiger partial charge >= 0.3 is 0 Å². The van der Waals surface area contributed by atoms with E-state index < -0.39 is 20.4 Å². The molecule has 7 heteroatoms. The predicted octanol–water partition coefficient (Wildman–Crippen LogP) is 6.11. The minimum absolute atomic E-state index is 0.0565. The van der Waals surface area contributed by atoms with Crippen LogP contribution in [0.4, 0.5) is 0 Å². The monoisotopic (exact) mass is 535 g/mol. The van der Waals surface area contributed by atoms with Gasteiger partial charge in [-0.25, -0.2) is 13.4 Å². The number of aryl methyl sites for hydroxylation is 1. The zero-order chi connectivity index (χ0) is 26.8. The first-order valence-corrected chi connectivity index (χ1v) is 14.2. The Kier molecular flexibility index (Phi) is 7.58. The van der Waals surface area contributed by atoms with Gasteiger partial charge in [0.2, 0.25) is 0 Å². The fraction of sp³-hybridized carbons (Fsp3) is 0.233. The summed E-state index contributed by atoms with van der Waals surface area (Å²) in [6, 6.07) is 23.6. The lowest BCUT2D eigenvalue weighted by Gasteiger charge is -2.28. The van der Waals surface area contributed by atoms with E-state index in [9.17, 15) is 18.6 Å². The van der Waals surface area contributed by atoms with Crippen molar-refractivity contribution in [3.05, 3.63) is 112 Å². The molecule has 0 radical (unpaired) electrons. The van der Waals surface area contributed by atoms with E-state index in [2.05, 4.69) is 4.98 Å². The number of aromatic nitrogens is 1. The van der Waals surface area contributed by atoms with E-state index in [-0.39, 0.29) is 18.4 Å². The molecular formula is C30H30ClNO4S. The SMILES string of the molecule is CC(C)(O)c1ccccc1CC[C@@](O)(c1cccc(C=Cc2ccc3ccc(Cl)cc3n2)c1)S(C)(=O)=O. The van der Waals surface area contributed by atoms with Crippen molar-refractivity contribution >= 4 is 44.5 Å². The molecule has 192 valence electrons. The summed E-state index contributed by atoms with van der Waals surface area (Å²) in [5.74, 6) is 0. The number of halogens is 1. The van der Waals surface area contributed by atoms with Crippen LogP contribution in [-0.4, -0.2) is 29.9 Å². The minimum Gasteiger partial charge on any atom is -0.386 e. The molecule has 0 saturated heterocycles. The van der Waals surface area contributed by atoms with Crippen LogP contribution in [-0.2, 0) is 26.8 Å². The molecule has 0 aliphatic rings. The Balaban J connectivity index is 1.63. The van der Waals surface area contributed by atoms with Crippen LogP contribution in [0.2, 0.25) is 5.02 Å². The molecular weight excluding hydrogens is 506 g/mol. The van der Waals surface area contributed by atoms with Crippen LogP contribution >= 0.6 is 11.6 Å². The summed E-state index contributed by atoms with van der Waals surface area (Å²) in [4.78, 5) is 2.52. The number of benzene rings is 3. The molecule has 0 fully saturated rings. The third-order valence-corrected chi connectivity index (χ3v) is 8.38. The minimum atomic E-state index is -3.90.